The highest BCUT2D eigenvalue weighted by atomic mass is 16.1. The predicted molar refractivity (Wildman–Crippen MR) is 62.4 cm³/mol. The maximum Gasteiger partial charge on any atom is 0.251 e. The molecule has 0 spiro atoms. The number of H-pyrrole nitrogens is 1. The van der Waals surface area contributed by atoms with E-state index in [1.54, 1.807) is 18.3 Å². The molecule has 0 aliphatic carbocycles. The summed E-state index contributed by atoms with van der Waals surface area (Å²) in [6.45, 7) is 0.568. The Morgan fingerprint density at radius 2 is 2.47 bits per heavy atom. The fourth-order valence-corrected chi connectivity index (χ4v) is 1.44. The molecular formula is C10H10N6O. The minimum Gasteiger partial charge on any atom is -0.352 e. The van der Waals surface area contributed by atoms with Gasteiger partial charge in [0, 0.05) is 29.0 Å². The molecular weight excluding hydrogens is 220 g/mol. The van der Waals surface area contributed by atoms with Crippen LogP contribution in [0.1, 0.15) is 10.4 Å². The largest absolute Gasteiger partial charge is 0.352 e. The number of fused-ring (bicyclic) bond motifs is 1. The number of nitrogens with zero attached hydrogens (tertiary/aromatic N) is 4. The number of hydrogen-bond donors (Lipinski definition) is 2. The van der Waals surface area contributed by atoms with E-state index in [1.165, 1.54) is 0 Å². The molecule has 0 saturated heterocycles. The number of rotatable bonds is 4. The predicted octanol–water partition coefficient (Wildman–Crippen LogP) is 1.60. The van der Waals surface area contributed by atoms with Crippen LogP contribution in [-0.4, -0.2) is 29.2 Å². The van der Waals surface area contributed by atoms with E-state index in [0.717, 1.165) is 10.9 Å². The molecule has 1 amide bonds. The van der Waals surface area contributed by atoms with E-state index in [9.17, 15) is 4.79 Å². The van der Waals surface area contributed by atoms with Gasteiger partial charge in [-0.05, 0) is 17.7 Å². The van der Waals surface area contributed by atoms with Gasteiger partial charge in [0.1, 0.15) is 0 Å². The number of nitrogens with one attached hydrogen (secondary N) is 2. The van der Waals surface area contributed by atoms with Gasteiger partial charge in [0.15, 0.2) is 0 Å². The van der Waals surface area contributed by atoms with E-state index < -0.39 is 0 Å². The van der Waals surface area contributed by atoms with Gasteiger partial charge in [0.25, 0.3) is 5.91 Å². The second-order valence-electron chi connectivity index (χ2n) is 3.38. The zero-order valence-corrected chi connectivity index (χ0v) is 8.92. The Morgan fingerprint density at radius 3 is 3.29 bits per heavy atom. The molecule has 7 nitrogen and oxygen atoms in total. The van der Waals surface area contributed by atoms with Crippen molar-refractivity contribution in [1.29, 1.82) is 0 Å². The third-order valence-corrected chi connectivity index (χ3v) is 2.26. The van der Waals surface area contributed by atoms with Crippen molar-refractivity contribution in [2.75, 3.05) is 13.1 Å². The van der Waals surface area contributed by atoms with Gasteiger partial charge < -0.3 is 5.32 Å². The SMILES string of the molecule is [N-]=[N+]=NCCNC(=O)c1ccc2cn[nH]c2c1. The van der Waals surface area contributed by atoms with Gasteiger partial charge in [-0.3, -0.25) is 9.89 Å². The van der Waals surface area contributed by atoms with Crippen LogP contribution in [0.4, 0.5) is 0 Å². The van der Waals surface area contributed by atoms with Crippen LogP contribution in [0.25, 0.3) is 21.3 Å². The molecule has 7 heteroatoms. The maximum atomic E-state index is 11.7. The van der Waals surface area contributed by atoms with E-state index in [2.05, 4.69) is 25.5 Å². The Kier molecular flexibility index (Phi) is 3.23. The van der Waals surface area contributed by atoms with Crippen LogP contribution < -0.4 is 5.32 Å². The summed E-state index contributed by atoms with van der Waals surface area (Å²) in [5.74, 6) is -0.199. The number of hydrogen-bond acceptors (Lipinski definition) is 3. The standard InChI is InChI=1S/C10H10N6O/c11-16-13-4-3-12-10(17)7-1-2-8-6-14-15-9(8)5-7/h1-2,5-6H,3-4H2,(H,12,17)(H,14,15). The lowest BCUT2D eigenvalue weighted by Gasteiger charge is -2.02. The Balaban J connectivity index is 2.05. The first-order valence-corrected chi connectivity index (χ1v) is 5.03. The lowest BCUT2D eigenvalue weighted by atomic mass is 10.1. The fourth-order valence-electron chi connectivity index (χ4n) is 1.44. The van der Waals surface area contributed by atoms with Crippen LogP contribution in [0.3, 0.4) is 0 Å². The highest BCUT2D eigenvalue weighted by molar-refractivity contribution is 5.97. The van der Waals surface area contributed by atoms with Gasteiger partial charge in [0.05, 0.1) is 11.7 Å². The summed E-state index contributed by atoms with van der Waals surface area (Å²) in [6.07, 6.45) is 1.69. The molecule has 1 heterocycles. The van der Waals surface area contributed by atoms with Gasteiger partial charge in [0.2, 0.25) is 0 Å². The summed E-state index contributed by atoms with van der Waals surface area (Å²) in [6, 6.07) is 5.27. The van der Waals surface area contributed by atoms with E-state index in [1.807, 2.05) is 6.07 Å². The highest BCUT2D eigenvalue weighted by Crippen LogP contribution is 2.12. The van der Waals surface area contributed by atoms with Crippen LogP contribution in [-0.2, 0) is 0 Å². The average molecular weight is 230 g/mol. The van der Waals surface area contributed by atoms with Crippen LogP contribution in [0.2, 0.25) is 0 Å². The molecule has 2 rings (SSSR count). The lowest BCUT2D eigenvalue weighted by molar-refractivity contribution is 0.0955. The molecule has 0 fully saturated rings. The first-order chi connectivity index (χ1) is 8.31. The van der Waals surface area contributed by atoms with Crippen molar-refractivity contribution < 1.29 is 4.79 Å². The molecule has 0 radical (unpaired) electrons. The van der Waals surface area contributed by atoms with Gasteiger partial charge in [-0.15, -0.1) is 0 Å². The molecule has 17 heavy (non-hydrogen) atoms. The molecule has 1 aromatic heterocycles. The van der Waals surface area contributed by atoms with Gasteiger partial charge in [-0.2, -0.15) is 5.10 Å². The quantitative estimate of drug-likeness (QED) is 0.360. The third-order valence-electron chi connectivity index (χ3n) is 2.26. The van der Waals surface area contributed by atoms with Crippen molar-refractivity contribution in [3.05, 3.63) is 40.4 Å². The molecule has 0 atom stereocenters. The third kappa shape index (κ3) is 2.53. The minimum atomic E-state index is -0.199. The highest BCUT2D eigenvalue weighted by Gasteiger charge is 2.05. The van der Waals surface area contributed by atoms with Gasteiger partial charge in [-0.1, -0.05) is 11.2 Å². The number of carbonyl (C=O) groups excluding carboxylic acids is 1. The number of amides is 1. The van der Waals surface area contributed by atoms with Crippen LogP contribution >= 0.6 is 0 Å². The molecule has 2 aromatic rings. The van der Waals surface area contributed by atoms with Gasteiger partial charge in [-0.25, -0.2) is 0 Å². The summed E-state index contributed by atoms with van der Waals surface area (Å²) >= 11 is 0. The molecule has 0 aliphatic rings. The molecule has 0 saturated carbocycles. The summed E-state index contributed by atoms with van der Waals surface area (Å²) < 4.78 is 0. The summed E-state index contributed by atoms with van der Waals surface area (Å²) in [5, 5.41) is 13.6. The first-order valence-electron chi connectivity index (χ1n) is 5.03. The van der Waals surface area contributed by atoms with Crippen molar-refractivity contribution in [2.24, 2.45) is 5.11 Å². The number of carbonyl (C=O) groups is 1. The number of aromatic nitrogens is 2. The van der Waals surface area contributed by atoms with Crippen LogP contribution in [0, 0.1) is 0 Å². The molecule has 1 aromatic carbocycles. The van der Waals surface area contributed by atoms with Crippen molar-refractivity contribution in [3.8, 4) is 0 Å². The fraction of sp³-hybridized carbons (Fsp3) is 0.200. The Bertz CT molecular complexity index is 583. The molecule has 86 valence electrons. The summed E-state index contributed by atoms with van der Waals surface area (Å²) in [7, 11) is 0. The smallest absolute Gasteiger partial charge is 0.251 e. The maximum absolute atomic E-state index is 11.7. The van der Waals surface area contributed by atoms with E-state index in [-0.39, 0.29) is 12.5 Å². The Hall–Kier alpha value is -2.53. The van der Waals surface area contributed by atoms with Crippen molar-refractivity contribution in [1.82, 2.24) is 15.5 Å². The zero-order valence-electron chi connectivity index (χ0n) is 8.92. The lowest BCUT2D eigenvalue weighted by Crippen LogP contribution is -2.25. The number of benzene rings is 1. The molecule has 0 bridgehead atoms. The van der Waals surface area contributed by atoms with Crippen molar-refractivity contribution in [3.63, 3.8) is 0 Å². The molecule has 2 N–H and O–H groups in total. The van der Waals surface area contributed by atoms with E-state index in [4.69, 9.17) is 5.53 Å². The Morgan fingerprint density at radius 1 is 1.59 bits per heavy atom. The molecule has 0 aliphatic heterocycles. The minimum absolute atomic E-state index is 0.199. The van der Waals surface area contributed by atoms with E-state index in [0.29, 0.717) is 12.1 Å². The van der Waals surface area contributed by atoms with Crippen LogP contribution in [0.5, 0.6) is 0 Å². The molecule has 0 unspecified atom stereocenters. The zero-order chi connectivity index (χ0) is 12.1. The number of aromatic amines is 1. The Labute approximate surface area is 96.5 Å². The van der Waals surface area contributed by atoms with E-state index >= 15 is 0 Å². The summed E-state index contributed by atoms with van der Waals surface area (Å²) in [4.78, 5) is 14.3. The van der Waals surface area contributed by atoms with Crippen molar-refractivity contribution >= 4 is 16.8 Å². The van der Waals surface area contributed by atoms with Gasteiger partial charge >= 0.3 is 0 Å². The topological polar surface area (TPSA) is 107 Å². The number of azide groups is 1. The second kappa shape index (κ2) is 5.00. The second-order valence-corrected chi connectivity index (χ2v) is 3.38. The average Bonchev–Trinajstić information content (AvgIpc) is 2.81. The first kappa shape index (κ1) is 11.0. The van der Waals surface area contributed by atoms with Crippen molar-refractivity contribution in [2.45, 2.75) is 0 Å². The van der Waals surface area contributed by atoms with Crippen LogP contribution in [0.15, 0.2) is 29.5 Å². The monoisotopic (exact) mass is 230 g/mol. The summed E-state index contributed by atoms with van der Waals surface area (Å²) in [5.41, 5.74) is 9.43. The normalized spacial score (nSPS) is 9.88.